The van der Waals surface area contributed by atoms with Crippen LogP contribution >= 0.6 is 0 Å². The molecule has 0 aliphatic carbocycles. The molecule has 2 aromatic rings. The van der Waals surface area contributed by atoms with E-state index in [-0.39, 0.29) is 11.7 Å². The summed E-state index contributed by atoms with van der Waals surface area (Å²) in [6.07, 6.45) is 0. The Morgan fingerprint density at radius 3 is 2.79 bits per heavy atom. The van der Waals surface area contributed by atoms with Crippen LogP contribution in [0.15, 0.2) is 30.3 Å². The third kappa shape index (κ3) is 2.42. The molecule has 98 valence electrons. The first-order chi connectivity index (χ1) is 9.24. The van der Waals surface area contributed by atoms with E-state index in [1.807, 2.05) is 0 Å². The number of benzene rings is 1. The van der Waals surface area contributed by atoms with Crippen molar-refractivity contribution in [2.45, 2.75) is 0 Å². The third-order valence-electron chi connectivity index (χ3n) is 3.27. The Morgan fingerprint density at radius 1 is 1.21 bits per heavy atom. The Bertz CT molecular complexity index is 623. The van der Waals surface area contributed by atoms with Crippen LogP contribution in [0.2, 0.25) is 0 Å². The zero-order chi connectivity index (χ0) is 13.2. The molecule has 0 spiro atoms. The number of amides is 1. The van der Waals surface area contributed by atoms with Crippen molar-refractivity contribution in [3.8, 4) is 0 Å². The van der Waals surface area contributed by atoms with Gasteiger partial charge in [-0.3, -0.25) is 4.79 Å². The second-order valence-electron chi connectivity index (χ2n) is 4.58. The van der Waals surface area contributed by atoms with Crippen molar-refractivity contribution in [1.82, 2.24) is 15.2 Å². The van der Waals surface area contributed by atoms with Crippen LogP contribution in [0, 0.1) is 5.82 Å². The van der Waals surface area contributed by atoms with Crippen molar-refractivity contribution >= 4 is 16.8 Å². The molecule has 1 fully saturated rings. The molecule has 1 saturated heterocycles. The lowest BCUT2D eigenvalue weighted by atomic mass is 10.2. The van der Waals surface area contributed by atoms with Crippen LogP contribution in [0.5, 0.6) is 0 Å². The van der Waals surface area contributed by atoms with Crippen molar-refractivity contribution in [3.63, 3.8) is 0 Å². The lowest BCUT2D eigenvalue weighted by Gasteiger charge is -2.27. The minimum atomic E-state index is -0.296. The van der Waals surface area contributed by atoms with Gasteiger partial charge in [-0.25, -0.2) is 9.37 Å². The van der Waals surface area contributed by atoms with Gasteiger partial charge in [-0.05, 0) is 24.3 Å². The number of nitrogens with zero attached hydrogens (tertiary/aromatic N) is 2. The fourth-order valence-electron chi connectivity index (χ4n) is 2.25. The first-order valence-electron chi connectivity index (χ1n) is 6.30. The molecule has 5 heteroatoms. The van der Waals surface area contributed by atoms with Crippen LogP contribution in [-0.2, 0) is 0 Å². The van der Waals surface area contributed by atoms with Crippen molar-refractivity contribution in [2.75, 3.05) is 26.2 Å². The van der Waals surface area contributed by atoms with E-state index in [1.54, 1.807) is 23.1 Å². The van der Waals surface area contributed by atoms with E-state index in [2.05, 4.69) is 10.3 Å². The maximum Gasteiger partial charge on any atom is 0.272 e. The first-order valence-corrected chi connectivity index (χ1v) is 6.30. The summed E-state index contributed by atoms with van der Waals surface area (Å²) < 4.78 is 13.1. The van der Waals surface area contributed by atoms with Gasteiger partial charge in [0.2, 0.25) is 0 Å². The molecule has 0 radical (unpaired) electrons. The summed E-state index contributed by atoms with van der Waals surface area (Å²) in [7, 11) is 0. The lowest BCUT2D eigenvalue weighted by Crippen LogP contribution is -2.46. The zero-order valence-corrected chi connectivity index (χ0v) is 10.4. The Balaban J connectivity index is 1.92. The maximum absolute atomic E-state index is 13.1. The van der Waals surface area contributed by atoms with Crippen molar-refractivity contribution in [3.05, 3.63) is 41.8 Å². The molecule has 1 aromatic carbocycles. The summed E-state index contributed by atoms with van der Waals surface area (Å²) in [4.78, 5) is 18.4. The maximum atomic E-state index is 13.1. The number of hydrogen-bond donors (Lipinski definition) is 1. The third-order valence-corrected chi connectivity index (χ3v) is 3.27. The van der Waals surface area contributed by atoms with Crippen LogP contribution in [-0.4, -0.2) is 42.0 Å². The number of halogens is 1. The van der Waals surface area contributed by atoms with E-state index in [4.69, 9.17) is 0 Å². The van der Waals surface area contributed by atoms with Crippen LogP contribution < -0.4 is 5.32 Å². The van der Waals surface area contributed by atoms with Crippen molar-refractivity contribution < 1.29 is 9.18 Å². The Morgan fingerprint density at radius 2 is 2.00 bits per heavy atom. The standard InChI is InChI=1S/C14H14FN3O/c15-11-2-4-12-10(9-11)1-3-13(17-12)14(19)18-7-5-16-6-8-18/h1-4,9,16H,5-8H2. The molecule has 19 heavy (non-hydrogen) atoms. The minimum Gasteiger partial charge on any atom is -0.335 e. The first kappa shape index (κ1) is 12.0. The summed E-state index contributed by atoms with van der Waals surface area (Å²) >= 11 is 0. The van der Waals surface area contributed by atoms with E-state index in [1.165, 1.54) is 12.1 Å². The Kier molecular flexibility index (Phi) is 3.13. The molecule has 0 unspecified atom stereocenters. The zero-order valence-electron chi connectivity index (χ0n) is 10.4. The highest BCUT2D eigenvalue weighted by Crippen LogP contribution is 2.15. The van der Waals surface area contributed by atoms with Gasteiger partial charge in [0, 0.05) is 31.6 Å². The van der Waals surface area contributed by atoms with Crippen molar-refractivity contribution in [2.24, 2.45) is 0 Å². The highest BCUT2D eigenvalue weighted by atomic mass is 19.1. The van der Waals surface area contributed by atoms with Crippen LogP contribution in [0.25, 0.3) is 10.9 Å². The summed E-state index contributed by atoms with van der Waals surface area (Å²) in [6.45, 7) is 3.01. The topological polar surface area (TPSA) is 45.2 Å². The molecule has 1 aromatic heterocycles. The lowest BCUT2D eigenvalue weighted by molar-refractivity contribution is 0.0730. The molecule has 0 saturated carbocycles. The van der Waals surface area contributed by atoms with Crippen molar-refractivity contribution in [1.29, 1.82) is 0 Å². The number of carbonyl (C=O) groups is 1. The van der Waals surface area contributed by atoms with Gasteiger partial charge in [-0.15, -0.1) is 0 Å². The molecule has 1 amide bonds. The fourth-order valence-corrected chi connectivity index (χ4v) is 2.25. The number of rotatable bonds is 1. The van der Waals surface area contributed by atoms with Gasteiger partial charge in [-0.2, -0.15) is 0 Å². The second-order valence-corrected chi connectivity index (χ2v) is 4.58. The summed E-state index contributed by atoms with van der Waals surface area (Å²) in [6, 6.07) is 7.77. The molecule has 0 atom stereocenters. The minimum absolute atomic E-state index is 0.0623. The number of aromatic nitrogens is 1. The summed E-state index contributed by atoms with van der Waals surface area (Å²) in [5.74, 6) is -0.358. The van der Waals surface area contributed by atoms with Gasteiger partial charge in [-0.1, -0.05) is 6.07 Å². The van der Waals surface area contributed by atoms with E-state index >= 15 is 0 Å². The largest absolute Gasteiger partial charge is 0.335 e. The normalized spacial score (nSPS) is 15.7. The van der Waals surface area contributed by atoms with Gasteiger partial charge in [0.25, 0.3) is 5.91 Å². The SMILES string of the molecule is O=C(c1ccc2cc(F)ccc2n1)N1CCNCC1. The van der Waals surface area contributed by atoms with Crippen LogP contribution in [0.1, 0.15) is 10.5 Å². The van der Waals surface area contributed by atoms with E-state index in [0.29, 0.717) is 29.7 Å². The Hall–Kier alpha value is -2.01. The molecule has 1 aliphatic rings. The Labute approximate surface area is 110 Å². The number of piperazine rings is 1. The molecule has 3 rings (SSSR count). The van der Waals surface area contributed by atoms with Gasteiger partial charge in [0.1, 0.15) is 11.5 Å². The molecule has 1 N–H and O–H groups in total. The summed E-state index contributed by atoms with van der Waals surface area (Å²) in [5, 5.41) is 3.91. The van der Waals surface area contributed by atoms with E-state index < -0.39 is 0 Å². The monoisotopic (exact) mass is 259 g/mol. The van der Waals surface area contributed by atoms with Gasteiger partial charge >= 0.3 is 0 Å². The molecular formula is C14H14FN3O. The predicted octanol–water partition coefficient (Wildman–Crippen LogP) is 1.42. The highest BCUT2D eigenvalue weighted by Gasteiger charge is 2.19. The molecular weight excluding hydrogens is 245 g/mol. The molecule has 4 nitrogen and oxygen atoms in total. The average Bonchev–Trinajstić information content (AvgIpc) is 2.47. The van der Waals surface area contributed by atoms with Gasteiger partial charge < -0.3 is 10.2 Å². The quantitative estimate of drug-likeness (QED) is 0.842. The fraction of sp³-hybridized carbons (Fsp3) is 0.286. The van der Waals surface area contributed by atoms with E-state index in [9.17, 15) is 9.18 Å². The van der Waals surface area contributed by atoms with Crippen LogP contribution in [0.4, 0.5) is 4.39 Å². The van der Waals surface area contributed by atoms with E-state index in [0.717, 1.165) is 13.1 Å². The molecule has 2 heterocycles. The number of carbonyl (C=O) groups excluding carboxylic acids is 1. The number of fused-ring (bicyclic) bond motifs is 1. The molecule has 1 aliphatic heterocycles. The summed E-state index contributed by atoms with van der Waals surface area (Å²) in [5.41, 5.74) is 1.06. The second kappa shape index (κ2) is 4.93. The molecule has 0 bridgehead atoms. The van der Waals surface area contributed by atoms with Gasteiger partial charge in [0.15, 0.2) is 0 Å². The van der Waals surface area contributed by atoms with Crippen LogP contribution in [0.3, 0.4) is 0 Å². The highest BCUT2D eigenvalue weighted by molar-refractivity contribution is 5.95. The number of hydrogen-bond acceptors (Lipinski definition) is 3. The predicted molar refractivity (Wildman–Crippen MR) is 70.5 cm³/mol. The number of pyridine rings is 1. The smallest absolute Gasteiger partial charge is 0.272 e. The number of nitrogens with one attached hydrogen (secondary N) is 1. The van der Waals surface area contributed by atoms with Gasteiger partial charge in [0.05, 0.1) is 5.52 Å². The average molecular weight is 259 g/mol.